The molecule has 26 nitrogen and oxygen atoms in total. The molecule has 4 heterocycles. The van der Waals surface area contributed by atoms with Crippen LogP contribution in [-0.2, 0) is 111 Å². The molecule has 7 rings (SSSR count). The predicted octanol–water partition coefficient (Wildman–Crippen LogP) is 17.3. The molecule has 0 aliphatic carbocycles. The maximum atomic E-state index is 15.1. The first-order chi connectivity index (χ1) is 58.4. The summed E-state index contributed by atoms with van der Waals surface area (Å²) in [7, 11) is 2.71. The molecule has 1 N–H and O–H groups in total. The third kappa shape index (κ3) is 34.1. The van der Waals surface area contributed by atoms with Gasteiger partial charge < -0.3 is 81.1 Å². The van der Waals surface area contributed by atoms with Crippen LogP contribution in [0.2, 0.25) is 0 Å². The van der Waals surface area contributed by atoms with Crippen molar-refractivity contribution in [1.29, 1.82) is 0 Å². The molecule has 121 heavy (non-hydrogen) atoms. The van der Waals surface area contributed by atoms with E-state index in [4.69, 9.17) is 75.8 Å². The third-order valence-corrected chi connectivity index (χ3v) is 24.0. The van der Waals surface area contributed by atoms with Crippen molar-refractivity contribution in [3.8, 4) is 5.75 Å². The summed E-state index contributed by atoms with van der Waals surface area (Å²) in [5.41, 5.74) is 1.00. The van der Waals surface area contributed by atoms with E-state index in [0.717, 1.165) is 64.9 Å². The number of methoxy groups -OCH3 is 2. The molecule has 1 amide bonds. The molecule has 4 aliphatic rings. The first-order valence-electron chi connectivity index (χ1n) is 45.3. The topological polar surface area (TPSA) is 313 Å². The second kappa shape index (κ2) is 54.9. The largest absolute Gasteiger partial charge is 0.497 e. The quantitative estimate of drug-likeness (QED) is 0.0312. The highest BCUT2D eigenvalue weighted by Gasteiger charge is 2.60. The van der Waals surface area contributed by atoms with Crippen LogP contribution in [0.3, 0.4) is 0 Å². The van der Waals surface area contributed by atoms with Crippen LogP contribution in [0.5, 0.6) is 5.75 Å². The van der Waals surface area contributed by atoms with E-state index in [1.165, 1.54) is 136 Å². The molecule has 4 fully saturated rings. The lowest BCUT2D eigenvalue weighted by atomic mass is 9.76. The van der Waals surface area contributed by atoms with Crippen LogP contribution in [0.1, 0.15) is 301 Å². The van der Waals surface area contributed by atoms with Gasteiger partial charge in [0.05, 0.1) is 69.7 Å². The van der Waals surface area contributed by atoms with E-state index in [0.29, 0.717) is 24.2 Å². The molecular formula is C95H143NO25. The standard InChI is InChI=1S/C95H143NO25/c1-13-15-17-19-21-23-25-27-28-29-31-33-35-37-45-51-81(100)96-76-60-112-92-87(110-59-72-52-54-75(106-11)55-53-72)68(7)85(80(117-92)63-109-82(101)56-57-83(102)115-77(88(76)114-71(10)99)50-44-36-34-32-30-26-24-22-20-18-16-14-2)119-93-89(118-91(104)74-48-42-39-43-49-74)86(67(6)79(116-93)62-111-90(103)73-46-40-38-41-47-73)121-95(94(105)107-12)58-64(3)65(4)84(120-95)66(5)78(113-70(9)98)61-108-69(8)97/h38-43,46-49,52-55,64-68,76-80,84-89,92-93H,13-37,44-45,50-51,56-63H2,1-12H3,(H,96,100)/t64?,65-,66+,67-,68?,76-,77+,78?,79?,80-,84+,85-,86-,87?,88-,89?,92+,93-,95-/m0/s1. The van der Waals surface area contributed by atoms with Crippen LogP contribution in [0.4, 0.5) is 0 Å². The summed E-state index contributed by atoms with van der Waals surface area (Å²) in [6.07, 6.45) is 13.3. The van der Waals surface area contributed by atoms with Gasteiger partial charge in [-0.15, -0.1) is 0 Å². The van der Waals surface area contributed by atoms with Crippen molar-refractivity contribution >= 4 is 53.7 Å². The molecule has 4 aliphatic heterocycles. The zero-order chi connectivity index (χ0) is 87.5. The lowest BCUT2D eigenvalue weighted by Crippen LogP contribution is -2.66. The highest BCUT2D eigenvalue weighted by atomic mass is 16.8. The molecule has 6 unspecified atom stereocenters. The number of cyclic esters (lactones) is 2. The lowest BCUT2D eigenvalue weighted by Gasteiger charge is -2.52. The molecule has 0 spiro atoms. The zero-order valence-corrected chi connectivity index (χ0v) is 74.3. The van der Waals surface area contributed by atoms with Crippen LogP contribution in [0.25, 0.3) is 0 Å². The van der Waals surface area contributed by atoms with Gasteiger partial charge in [0.1, 0.15) is 62.2 Å². The van der Waals surface area contributed by atoms with E-state index in [-0.39, 0.29) is 49.5 Å². The van der Waals surface area contributed by atoms with Gasteiger partial charge in [0.15, 0.2) is 24.8 Å². The monoisotopic (exact) mass is 1700 g/mol. The summed E-state index contributed by atoms with van der Waals surface area (Å²) in [5.74, 6) is -11.9. The maximum Gasteiger partial charge on any atom is 0.366 e. The number of amides is 1. The van der Waals surface area contributed by atoms with Crippen LogP contribution in [0, 0.1) is 29.6 Å². The number of carbonyl (C=O) groups excluding carboxylic acids is 9. The molecule has 678 valence electrons. The minimum absolute atomic E-state index is 0.0711. The first-order valence-corrected chi connectivity index (χ1v) is 45.3. The Labute approximate surface area is 718 Å². The molecule has 0 saturated carbocycles. The molecule has 26 heteroatoms. The first kappa shape index (κ1) is 101. The second-order valence-electron chi connectivity index (χ2n) is 33.7. The van der Waals surface area contributed by atoms with Gasteiger partial charge in [-0.05, 0) is 73.1 Å². The second-order valence-corrected chi connectivity index (χ2v) is 33.7. The van der Waals surface area contributed by atoms with E-state index in [9.17, 15) is 33.6 Å². The summed E-state index contributed by atoms with van der Waals surface area (Å²) in [5, 5.41) is 3.17. The van der Waals surface area contributed by atoms with Crippen molar-refractivity contribution in [3.05, 3.63) is 102 Å². The van der Waals surface area contributed by atoms with Gasteiger partial charge in [0, 0.05) is 51.4 Å². The Kier molecular flexibility index (Phi) is 45.6. The number of esters is 8. The van der Waals surface area contributed by atoms with E-state index in [2.05, 4.69) is 19.2 Å². The summed E-state index contributed by atoms with van der Waals surface area (Å²) in [4.78, 5) is 126. The van der Waals surface area contributed by atoms with Gasteiger partial charge >= 0.3 is 47.8 Å². The number of ether oxygens (including phenoxy) is 16. The minimum Gasteiger partial charge on any atom is -0.497 e. The van der Waals surface area contributed by atoms with Gasteiger partial charge in [-0.3, -0.25) is 28.8 Å². The Morgan fingerprint density at radius 3 is 1.64 bits per heavy atom. The van der Waals surface area contributed by atoms with Crippen molar-refractivity contribution in [2.24, 2.45) is 29.6 Å². The van der Waals surface area contributed by atoms with Gasteiger partial charge in [-0.25, -0.2) is 14.4 Å². The van der Waals surface area contributed by atoms with Crippen LogP contribution < -0.4 is 10.1 Å². The van der Waals surface area contributed by atoms with Crippen molar-refractivity contribution in [2.75, 3.05) is 40.6 Å². The number of unbranched alkanes of at least 4 members (excludes halogenated alkanes) is 25. The van der Waals surface area contributed by atoms with Gasteiger partial charge in [0.25, 0.3) is 5.79 Å². The Hall–Kier alpha value is -7.59. The van der Waals surface area contributed by atoms with Gasteiger partial charge in [0.2, 0.25) is 5.91 Å². The molecule has 4 saturated heterocycles. The molecule has 0 radical (unpaired) electrons. The Morgan fingerprint density at radius 1 is 0.545 bits per heavy atom. The number of hydrogen-bond acceptors (Lipinski definition) is 25. The fourth-order valence-electron chi connectivity index (χ4n) is 16.7. The normalized spacial score (nSPS) is 26.4. The van der Waals surface area contributed by atoms with Crippen molar-refractivity contribution < 1.29 is 119 Å². The fourth-order valence-corrected chi connectivity index (χ4v) is 16.7. The maximum absolute atomic E-state index is 15.1. The highest BCUT2D eigenvalue weighted by Crippen LogP contribution is 2.47. The van der Waals surface area contributed by atoms with Crippen molar-refractivity contribution in [2.45, 2.75) is 367 Å². The zero-order valence-electron chi connectivity index (χ0n) is 74.3. The third-order valence-electron chi connectivity index (χ3n) is 24.0. The number of benzene rings is 3. The predicted molar refractivity (Wildman–Crippen MR) is 452 cm³/mol. The Bertz CT molecular complexity index is 3530. The van der Waals surface area contributed by atoms with E-state index in [1.54, 1.807) is 88.5 Å². The minimum atomic E-state index is -2.37. The van der Waals surface area contributed by atoms with E-state index < -0.39 is 195 Å². The number of nitrogens with one attached hydrogen (secondary N) is 1. The smallest absolute Gasteiger partial charge is 0.366 e. The summed E-state index contributed by atoms with van der Waals surface area (Å²) >= 11 is 0. The molecular weight excluding hydrogens is 1560 g/mol. The molecule has 0 aromatic heterocycles. The SMILES string of the molecule is CCCCCCCCCCCCCCCCCC(=O)N[C@H]1CO[C@@H]2O[C@@H](COC(=O)CCC(=O)O[C@H](CCCCCCCCCCCCCC)[C@H]1OC(C)=O)[C@@H](O[C@@H]1OC(COC(=O)c3ccccc3)[C@H](C)[C@H](O[C@]3(C(=O)OC)CC(C)[C@H](C)[C@H]([C@H](C)C(COC(C)=O)OC(C)=O)O3)C1OC(=O)c1ccccc1)C(C)C2OCc1ccc(OC)cc1. The fraction of sp³-hybridized carbons (Fsp3) is 0.716. The van der Waals surface area contributed by atoms with Crippen LogP contribution in [-0.4, -0.2) is 180 Å². The summed E-state index contributed by atoms with van der Waals surface area (Å²) < 4.78 is 104. The number of fused-ring (bicyclic) bond motifs is 2. The van der Waals surface area contributed by atoms with Crippen LogP contribution in [0.15, 0.2) is 84.9 Å². The molecule has 2 bridgehead atoms. The Morgan fingerprint density at radius 2 is 1.10 bits per heavy atom. The lowest BCUT2D eigenvalue weighted by molar-refractivity contribution is -0.378. The van der Waals surface area contributed by atoms with Gasteiger partial charge in [-0.2, -0.15) is 0 Å². The van der Waals surface area contributed by atoms with Crippen molar-refractivity contribution in [3.63, 3.8) is 0 Å². The summed E-state index contributed by atoms with van der Waals surface area (Å²) in [6.45, 7) is 15.3. The van der Waals surface area contributed by atoms with Gasteiger partial charge in [-0.1, -0.05) is 258 Å². The molecule has 19 atom stereocenters. The average Bonchev–Trinajstić information content (AvgIpc) is 0.751. The molecule has 3 aromatic carbocycles. The number of rotatable bonds is 50. The van der Waals surface area contributed by atoms with Crippen LogP contribution >= 0.6 is 0 Å². The average molecular weight is 1700 g/mol. The highest BCUT2D eigenvalue weighted by molar-refractivity contribution is 5.90. The summed E-state index contributed by atoms with van der Waals surface area (Å²) in [6, 6.07) is 22.4. The number of hydrogen-bond donors (Lipinski definition) is 1. The van der Waals surface area contributed by atoms with E-state index in [1.807, 2.05) is 26.0 Å². The van der Waals surface area contributed by atoms with E-state index >= 15 is 9.59 Å². The molecule has 3 aromatic rings. The van der Waals surface area contributed by atoms with Crippen molar-refractivity contribution in [1.82, 2.24) is 5.32 Å². The Balaban J connectivity index is 1.29. The number of carbonyl (C=O) groups is 9.